The molecule has 1 atom stereocenters. The largest absolute Gasteiger partial charge is 0.463 e. The van der Waals surface area contributed by atoms with Crippen molar-refractivity contribution in [3.05, 3.63) is 100 Å². The Morgan fingerprint density at radius 3 is 2.27 bits per heavy atom. The van der Waals surface area contributed by atoms with Crippen molar-refractivity contribution in [3.8, 4) is 0 Å². The van der Waals surface area contributed by atoms with Gasteiger partial charge in [0.05, 0.1) is 23.8 Å². The van der Waals surface area contributed by atoms with E-state index >= 15 is 0 Å². The SMILES string of the molecule is CCOC(=O)C1(c2ccc(Br)cc2)N=C(c2ccccc2)CN1S(=O)(=O)c1ccc(C)cc1. The molecule has 0 aromatic heterocycles. The summed E-state index contributed by atoms with van der Waals surface area (Å²) < 4.78 is 35.2. The maximum absolute atomic E-state index is 13.9. The zero-order valence-corrected chi connectivity index (χ0v) is 20.6. The standard InChI is InChI=1S/C25H23BrN2O4S/c1-3-32-24(29)25(20-11-13-21(26)14-12-20)27-23(19-7-5-4-6-8-19)17-28(25)33(30,31)22-15-9-18(2)10-16-22/h4-16H,3,17H2,1-2H3. The molecule has 1 aliphatic rings. The normalized spacial score (nSPS) is 18.7. The van der Waals surface area contributed by atoms with Crippen molar-refractivity contribution >= 4 is 37.6 Å². The Kier molecular flexibility index (Phi) is 6.52. The first-order valence-electron chi connectivity index (χ1n) is 10.5. The van der Waals surface area contributed by atoms with Gasteiger partial charge < -0.3 is 4.74 Å². The molecule has 0 aliphatic carbocycles. The monoisotopic (exact) mass is 526 g/mol. The van der Waals surface area contributed by atoms with E-state index in [2.05, 4.69) is 15.9 Å². The Balaban J connectivity index is 1.97. The lowest BCUT2D eigenvalue weighted by Crippen LogP contribution is -2.51. The van der Waals surface area contributed by atoms with Gasteiger partial charge >= 0.3 is 5.97 Å². The van der Waals surface area contributed by atoms with Crippen LogP contribution in [0.3, 0.4) is 0 Å². The van der Waals surface area contributed by atoms with Gasteiger partial charge in [-0.2, -0.15) is 4.31 Å². The quantitative estimate of drug-likeness (QED) is 0.437. The Bertz CT molecular complexity index is 1290. The lowest BCUT2D eigenvalue weighted by molar-refractivity contribution is -0.154. The predicted molar refractivity (Wildman–Crippen MR) is 131 cm³/mol. The summed E-state index contributed by atoms with van der Waals surface area (Å²) >= 11 is 3.40. The third kappa shape index (κ3) is 4.26. The lowest BCUT2D eigenvalue weighted by Gasteiger charge is -2.33. The van der Waals surface area contributed by atoms with Crippen LogP contribution in [0.2, 0.25) is 0 Å². The van der Waals surface area contributed by atoms with Crippen LogP contribution in [0, 0.1) is 6.92 Å². The number of esters is 1. The van der Waals surface area contributed by atoms with Crippen molar-refractivity contribution in [1.29, 1.82) is 0 Å². The molecule has 1 heterocycles. The van der Waals surface area contributed by atoms with E-state index in [0.29, 0.717) is 11.3 Å². The molecular formula is C25H23BrN2O4S. The summed E-state index contributed by atoms with van der Waals surface area (Å²) in [4.78, 5) is 18.4. The number of carbonyl (C=O) groups is 1. The molecular weight excluding hydrogens is 504 g/mol. The first kappa shape index (κ1) is 23.4. The molecule has 1 aliphatic heterocycles. The Labute approximate surface area is 202 Å². The minimum Gasteiger partial charge on any atom is -0.463 e. The first-order valence-corrected chi connectivity index (χ1v) is 12.7. The van der Waals surface area contributed by atoms with Crippen molar-refractivity contribution in [1.82, 2.24) is 4.31 Å². The molecule has 8 heteroatoms. The second kappa shape index (κ2) is 9.21. The number of halogens is 1. The highest BCUT2D eigenvalue weighted by molar-refractivity contribution is 9.10. The van der Waals surface area contributed by atoms with Gasteiger partial charge in [0, 0.05) is 10.0 Å². The van der Waals surface area contributed by atoms with Gasteiger partial charge in [-0.1, -0.05) is 76.1 Å². The molecule has 0 N–H and O–H groups in total. The number of carbonyl (C=O) groups excluding carboxylic acids is 1. The summed E-state index contributed by atoms with van der Waals surface area (Å²) in [7, 11) is -4.12. The van der Waals surface area contributed by atoms with E-state index < -0.39 is 21.7 Å². The van der Waals surface area contributed by atoms with Gasteiger partial charge in [0.25, 0.3) is 5.66 Å². The van der Waals surface area contributed by atoms with Crippen molar-refractivity contribution in [2.24, 2.45) is 4.99 Å². The van der Waals surface area contributed by atoms with Crippen LogP contribution in [0.15, 0.2) is 93.2 Å². The zero-order valence-electron chi connectivity index (χ0n) is 18.2. The maximum Gasteiger partial charge on any atom is 0.355 e. The van der Waals surface area contributed by atoms with E-state index in [0.717, 1.165) is 19.9 Å². The van der Waals surface area contributed by atoms with Gasteiger partial charge in [-0.3, -0.25) is 0 Å². The molecule has 170 valence electrons. The summed E-state index contributed by atoms with van der Waals surface area (Å²) in [6, 6.07) is 22.7. The van der Waals surface area contributed by atoms with Crippen LogP contribution < -0.4 is 0 Å². The predicted octanol–water partition coefficient (Wildman–Crippen LogP) is 4.67. The Morgan fingerprint density at radius 2 is 1.67 bits per heavy atom. The van der Waals surface area contributed by atoms with Crippen molar-refractivity contribution in [2.45, 2.75) is 24.4 Å². The molecule has 33 heavy (non-hydrogen) atoms. The summed E-state index contributed by atoms with van der Waals surface area (Å²) in [5, 5.41) is 0. The highest BCUT2D eigenvalue weighted by Gasteiger charge is 2.57. The number of rotatable bonds is 6. The van der Waals surface area contributed by atoms with Crippen molar-refractivity contribution in [3.63, 3.8) is 0 Å². The van der Waals surface area contributed by atoms with E-state index in [1.165, 1.54) is 0 Å². The number of hydrogen-bond donors (Lipinski definition) is 0. The Morgan fingerprint density at radius 1 is 1.03 bits per heavy atom. The van der Waals surface area contributed by atoms with Gasteiger partial charge in [0.15, 0.2) is 0 Å². The molecule has 0 amide bonds. The third-order valence-electron chi connectivity index (χ3n) is 5.47. The number of sulfonamides is 1. The number of benzene rings is 3. The molecule has 0 saturated heterocycles. The third-order valence-corrected chi connectivity index (χ3v) is 7.84. The topological polar surface area (TPSA) is 76.0 Å². The number of hydrogen-bond acceptors (Lipinski definition) is 5. The summed E-state index contributed by atoms with van der Waals surface area (Å²) in [5.74, 6) is -0.742. The molecule has 4 rings (SSSR count). The van der Waals surface area contributed by atoms with Gasteiger partial charge in [-0.05, 0) is 43.7 Å². The number of ether oxygens (including phenoxy) is 1. The average molecular weight is 527 g/mol. The fraction of sp³-hybridized carbons (Fsp3) is 0.200. The molecule has 1 unspecified atom stereocenters. The van der Waals surface area contributed by atoms with Crippen LogP contribution in [-0.4, -0.2) is 37.6 Å². The van der Waals surface area contributed by atoms with Gasteiger partial charge in [0.1, 0.15) is 0 Å². The molecule has 0 spiro atoms. The van der Waals surface area contributed by atoms with Crippen molar-refractivity contribution in [2.75, 3.05) is 13.2 Å². The minimum absolute atomic E-state index is 0.0743. The second-order valence-corrected chi connectivity index (χ2v) is 10.4. The van der Waals surface area contributed by atoms with E-state index in [4.69, 9.17) is 9.73 Å². The number of aryl methyl sites for hydroxylation is 1. The van der Waals surface area contributed by atoms with Gasteiger partial charge in [0.2, 0.25) is 10.0 Å². The zero-order chi connectivity index (χ0) is 23.6. The van der Waals surface area contributed by atoms with Crippen molar-refractivity contribution < 1.29 is 17.9 Å². The van der Waals surface area contributed by atoms with E-state index in [9.17, 15) is 13.2 Å². The fourth-order valence-corrected chi connectivity index (χ4v) is 5.67. The van der Waals surface area contributed by atoms with Gasteiger partial charge in [-0.15, -0.1) is 0 Å². The minimum atomic E-state index is -4.12. The fourth-order valence-electron chi connectivity index (χ4n) is 3.81. The summed E-state index contributed by atoms with van der Waals surface area (Å²) in [5.41, 5.74) is 0.685. The summed E-state index contributed by atoms with van der Waals surface area (Å²) in [6.07, 6.45) is 0. The molecule has 3 aromatic rings. The van der Waals surface area contributed by atoms with Crippen LogP contribution in [0.25, 0.3) is 0 Å². The highest BCUT2D eigenvalue weighted by Crippen LogP contribution is 2.41. The molecule has 0 bridgehead atoms. The van der Waals surface area contributed by atoms with E-state index in [1.54, 1.807) is 55.5 Å². The van der Waals surface area contributed by atoms with Crippen LogP contribution in [0.4, 0.5) is 0 Å². The van der Waals surface area contributed by atoms with Crippen LogP contribution in [0.1, 0.15) is 23.6 Å². The number of nitrogens with zero attached hydrogens (tertiary/aromatic N) is 2. The molecule has 0 fully saturated rings. The van der Waals surface area contributed by atoms with E-state index in [1.807, 2.05) is 37.3 Å². The first-order chi connectivity index (χ1) is 15.8. The number of aliphatic imine (C=N–C) groups is 1. The highest BCUT2D eigenvalue weighted by atomic mass is 79.9. The molecule has 0 radical (unpaired) electrons. The lowest BCUT2D eigenvalue weighted by atomic mass is 10.0. The van der Waals surface area contributed by atoms with Crippen LogP contribution in [0.5, 0.6) is 0 Å². The van der Waals surface area contributed by atoms with Crippen LogP contribution >= 0.6 is 15.9 Å². The second-order valence-electron chi connectivity index (χ2n) is 7.65. The van der Waals surface area contributed by atoms with Gasteiger partial charge in [-0.25, -0.2) is 18.2 Å². The molecule has 0 saturated carbocycles. The maximum atomic E-state index is 13.9. The molecule has 6 nitrogen and oxygen atoms in total. The average Bonchev–Trinajstić information content (AvgIpc) is 3.23. The summed E-state index contributed by atoms with van der Waals surface area (Å²) in [6.45, 7) is 3.58. The Hall–Kier alpha value is -2.81. The molecule has 3 aromatic carbocycles. The van der Waals surface area contributed by atoms with Crippen LogP contribution in [-0.2, 0) is 25.2 Å². The smallest absolute Gasteiger partial charge is 0.355 e. The van der Waals surface area contributed by atoms with E-state index in [-0.39, 0.29) is 18.0 Å².